The van der Waals surface area contributed by atoms with Crippen molar-refractivity contribution in [1.82, 2.24) is 14.7 Å². The number of carbonyl (C=O) groups excluding carboxylic acids is 1. The van der Waals surface area contributed by atoms with E-state index in [4.69, 9.17) is 0 Å². The molecule has 2 atom stereocenters. The van der Waals surface area contributed by atoms with Crippen molar-refractivity contribution in [2.45, 2.75) is 76.4 Å². The molecule has 0 spiro atoms. The summed E-state index contributed by atoms with van der Waals surface area (Å²) in [6.45, 7) is 3.76. The first kappa shape index (κ1) is 30.1. The van der Waals surface area contributed by atoms with Gasteiger partial charge in [-0.05, 0) is 92.2 Å². The SMILES string of the molecule is CCc1cc(F)ccc1[C@H]1C[C@@H](N2CCCCC2)CCN1C(=O)N(C)Cc1cc(C(F)(F)F)cc(C(F)(F)F)c1. The van der Waals surface area contributed by atoms with E-state index in [2.05, 4.69) is 4.90 Å². The summed E-state index contributed by atoms with van der Waals surface area (Å²) in [6, 6.07) is 5.17. The normalized spacial score (nSPS) is 21.0. The van der Waals surface area contributed by atoms with Crippen molar-refractivity contribution < 1.29 is 35.5 Å². The molecule has 0 N–H and O–H groups in total. The fraction of sp³-hybridized carbons (Fsp3) is 0.552. The van der Waals surface area contributed by atoms with Crippen LogP contribution in [0.25, 0.3) is 0 Å². The standard InChI is InChI=1S/C29H34F7N3O/c1-3-20-15-23(30)7-8-25(20)26-17-24(38-10-5-4-6-11-38)9-12-39(26)27(40)37(2)18-19-13-21(28(31,32)33)16-22(14-19)29(34,35)36/h7-8,13-16,24,26H,3-6,9-12,17-18H2,1-2H3/t24-,26+/m0/s1. The molecule has 0 unspecified atom stereocenters. The number of halogens is 7. The minimum absolute atomic E-state index is 0.0769. The Hall–Kier alpha value is -2.82. The molecule has 2 heterocycles. The van der Waals surface area contributed by atoms with Crippen LogP contribution in [0, 0.1) is 5.82 Å². The second kappa shape index (κ2) is 12.0. The molecule has 2 fully saturated rings. The van der Waals surface area contributed by atoms with Gasteiger partial charge in [0.1, 0.15) is 5.82 Å². The van der Waals surface area contributed by atoms with Crippen LogP contribution in [-0.2, 0) is 25.3 Å². The van der Waals surface area contributed by atoms with Gasteiger partial charge in [-0.2, -0.15) is 26.3 Å². The molecule has 0 saturated carbocycles. The topological polar surface area (TPSA) is 26.8 Å². The van der Waals surface area contributed by atoms with E-state index in [0.717, 1.165) is 42.0 Å². The zero-order chi connectivity index (χ0) is 29.2. The minimum Gasteiger partial charge on any atom is -0.323 e. The lowest BCUT2D eigenvalue weighted by Gasteiger charge is -2.46. The van der Waals surface area contributed by atoms with Gasteiger partial charge in [0, 0.05) is 26.2 Å². The monoisotopic (exact) mass is 573 g/mol. The number of alkyl halides is 6. The number of likely N-dealkylation sites (tertiary alicyclic amines) is 2. The largest absolute Gasteiger partial charge is 0.416 e. The molecule has 0 bridgehead atoms. The Labute approximate surface area is 229 Å². The zero-order valence-corrected chi connectivity index (χ0v) is 22.6. The van der Waals surface area contributed by atoms with Crippen LogP contribution in [0.15, 0.2) is 36.4 Å². The molecule has 2 aromatic rings. The third kappa shape index (κ3) is 6.90. The third-order valence-electron chi connectivity index (χ3n) is 7.97. The van der Waals surface area contributed by atoms with Crippen molar-refractivity contribution in [2.75, 3.05) is 26.7 Å². The van der Waals surface area contributed by atoms with E-state index in [-0.39, 0.29) is 23.5 Å². The van der Waals surface area contributed by atoms with Crippen LogP contribution in [0.3, 0.4) is 0 Å². The van der Waals surface area contributed by atoms with Crippen molar-refractivity contribution in [3.8, 4) is 0 Å². The maximum atomic E-state index is 14.1. The van der Waals surface area contributed by atoms with Crippen molar-refractivity contribution in [3.05, 3.63) is 70.0 Å². The second-order valence-electron chi connectivity index (χ2n) is 10.7. The maximum Gasteiger partial charge on any atom is 0.416 e. The molecule has 2 aliphatic heterocycles. The van der Waals surface area contributed by atoms with Crippen LogP contribution in [-0.4, -0.2) is 53.5 Å². The van der Waals surface area contributed by atoms with Crippen LogP contribution in [0.1, 0.15) is 72.9 Å². The summed E-state index contributed by atoms with van der Waals surface area (Å²) < 4.78 is 94.3. The van der Waals surface area contributed by atoms with Crippen molar-refractivity contribution >= 4 is 6.03 Å². The number of aryl methyl sites for hydroxylation is 1. The van der Waals surface area contributed by atoms with Gasteiger partial charge in [0.05, 0.1) is 17.2 Å². The summed E-state index contributed by atoms with van der Waals surface area (Å²) in [4.78, 5) is 18.9. The number of hydrogen-bond acceptors (Lipinski definition) is 2. The average Bonchev–Trinajstić information content (AvgIpc) is 2.91. The zero-order valence-electron chi connectivity index (χ0n) is 22.6. The summed E-state index contributed by atoms with van der Waals surface area (Å²) in [5.41, 5.74) is -1.54. The number of urea groups is 1. The molecule has 4 rings (SSSR count). The number of carbonyl (C=O) groups is 1. The fourth-order valence-electron chi connectivity index (χ4n) is 5.96. The predicted molar refractivity (Wildman–Crippen MR) is 137 cm³/mol. The summed E-state index contributed by atoms with van der Waals surface area (Å²) in [7, 11) is 1.37. The van der Waals surface area contributed by atoms with E-state index in [9.17, 15) is 35.5 Å². The molecule has 2 aromatic carbocycles. The molecule has 0 aliphatic carbocycles. The molecule has 40 heavy (non-hydrogen) atoms. The number of hydrogen-bond donors (Lipinski definition) is 0. The number of rotatable bonds is 5. The molecule has 2 amide bonds. The quantitative estimate of drug-likeness (QED) is 0.343. The molecule has 220 valence electrons. The van der Waals surface area contributed by atoms with Gasteiger partial charge in [-0.25, -0.2) is 9.18 Å². The highest BCUT2D eigenvalue weighted by atomic mass is 19.4. The first-order valence-corrected chi connectivity index (χ1v) is 13.6. The Bertz CT molecular complexity index is 1160. The van der Waals surface area contributed by atoms with Gasteiger partial charge in [-0.15, -0.1) is 0 Å². The van der Waals surface area contributed by atoms with Crippen LogP contribution in [0.4, 0.5) is 35.5 Å². The van der Waals surface area contributed by atoms with Crippen molar-refractivity contribution in [2.24, 2.45) is 0 Å². The fourth-order valence-corrected chi connectivity index (χ4v) is 5.96. The van der Waals surface area contributed by atoms with E-state index < -0.39 is 42.1 Å². The lowest BCUT2D eigenvalue weighted by molar-refractivity contribution is -0.143. The number of amides is 2. The lowest BCUT2D eigenvalue weighted by Crippen LogP contribution is -2.52. The van der Waals surface area contributed by atoms with E-state index in [1.54, 1.807) is 11.0 Å². The summed E-state index contributed by atoms with van der Waals surface area (Å²) in [5, 5.41) is 0. The van der Waals surface area contributed by atoms with Crippen molar-refractivity contribution in [1.29, 1.82) is 0 Å². The van der Waals surface area contributed by atoms with Gasteiger partial charge in [-0.1, -0.05) is 19.4 Å². The van der Waals surface area contributed by atoms with Crippen LogP contribution < -0.4 is 0 Å². The molecule has 11 heteroatoms. The summed E-state index contributed by atoms with van der Waals surface area (Å²) >= 11 is 0. The first-order valence-electron chi connectivity index (χ1n) is 13.6. The summed E-state index contributed by atoms with van der Waals surface area (Å²) in [5.74, 6) is -0.385. The Morgan fingerprint density at radius 1 is 0.925 bits per heavy atom. The first-order chi connectivity index (χ1) is 18.8. The molecule has 2 saturated heterocycles. The van der Waals surface area contributed by atoms with E-state index in [1.165, 1.54) is 25.6 Å². The smallest absolute Gasteiger partial charge is 0.323 e. The third-order valence-corrected chi connectivity index (χ3v) is 7.97. The molecule has 2 aliphatic rings. The summed E-state index contributed by atoms with van der Waals surface area (Å²) in [6.07, 6.45) is -4.73. The van der Waals surface area contributed by atoms with Crippen LogP contribution >= 0.6 is 0 Å². The number of nitrogens with zero attached hydrogens (tertiary/aromatic N) is 3. The highest BCUT2D eigenvalue weighted by Crippen LogP contribution is 2.39. The Morgan fingerprint density at radius 3 is 2.12 bits per heavy atom. The molecular weight excluding hydrogens is 539 g/mol. The highest BCUT2D eigenvalue weighted by Gasteiger charge is 2.39. The Morgan fingerprint density at radius 2 is 1.55 bits per heavy atom. The van der Waals surface area contributed by atoms with E-state index >= 15 is 0 Å². The second-order valence-corrected chi connectivity index (χ2v) is 10.7. The van der Waals surface area contributed by atoms with Crippen molar-refractivity contribution in [3.63, 3.8) is 0 Å². The lowest BCUT2D eigenvalue weighted by atomic mass is 9.87. The molecule has 4 nitrogen and oxygen atoms in total. The van der Waals surface area contributed by atoms with Gasteiger partial charge < -0.3 is 14.7 Å². The van der Waals surface area contributed by atoms with E-state index in [0.29, 0.717) is 37.9 Å². The van der Waals surface area contributed by atoms with Crippen LogP contribution in [0.2, 0.25) is 0 Å². The van der Waals surface area contributed by atoms with Crippen LogP contribution in [0.5, 0.6) is 0 Å². The molecule has 0 aromatic heterocycles. The molecule has 0 radical (unpaired) electrons. The number of benzene rings is 2. The van der Waals surface area contributed by atoms with Gasteiger partial charge in [0.15, 0.2) is 0 Å². The van der Waals surface area contributed by atoms with Gasteiger partial charge in [0.2, 0.25) is 0 Å². The predicted octanol–water partition coefficient (Wildman–Crippen LogP) is 7.67. The number of piperidine rings is 2. The van der Waals surface area contributed by atoms with Gasteiger partial charge in [-0.3, -0.25) is 0 Å². The minimum atomic E-state index is -4.97. The van der Waals surface area contributed by atoms with Gasteiger partial charge in [0.25, 0.3) is 0 Å². The molecular formula is C29H34F7N3O. The average molecular weight is 574 g/mol. The Kier molecular flexibility index (Phi) is 9.02. The highest BCUT2D eigenvalue weighted by molar-refractivity contribution is 5.75. The van der Waals surface area contributed by atoms with E-state index in [1.807, 2.05) is 6.92 Å². The Balaban J connectivity index is 1.62. The van der Waals surface area contributed by atoms with Gasteiger partial charge >= 0.3 is 18.4 Å². The maximum absolute atomic E-state index is 14.1.